The van der Waals surface area contributed by atoms with Gasteiger partial charge in [0, 0.05) is 32.8 Å². The van der Waals surface area contributed by atoms with Gasteiger partial charge >= 0.3 is 0 Å². The fourth-order valence-electron chi connectivity index (χ4n) is 4.28. The summed E-state index contributed by atoms with van der Waals surface area (Å²) in [6.07, 6.45) is 3.45. The number of hydrogen-bond donors (Lipinski definition) is 1. The maximum atomic E-state index is 13.1. The molecule has 9 nitrogen and oxygen atoms in total. The Morgan fingerprint density at radius 2 is 1.91 bits per heavy atom. The lowest BCUT2D eigenvalue weighted by atomic mass is 10.2. The molecule has 3 aliphatic heterocycles. The molecule has 1 amide bonds. The van der Waals surface area contributed by atoms with Crippen molar-refractivity contribution in [1.82, 2.24) is 4.31 Å². The van der Waals surface area contributed by atoms with Gasteiger partial charge in [-0.15, -0.1) is 0 Å². The summed E-state index contributed by atoms with van der Waals surface area (Å²) in [6.45, 7) is 5.99. The van der Waals surface area contributed by atoms with Crippen LogP contribution in [0.3, 0.4) is 0 Å². The number of nitrogens with zero attached hydrogens (tertiary/aromatic N) is 2. The van der Waals surface area contributed by atoms with Gasteiger partial charge in [-0.25, -0.2) is 8.42 Å². The van der Waals surface area contributed by atoms with Crippen molar-refractivity contribution in [3.63, 3.8) is 0 Å². The molecule has 2 unspecified atom stereocenters. The Labute approximate surface area is 190 Å². The first-order valence-corrected chi connectivity index (χ1v) is 12.9. The van der Waals surface area contributed by atoms with Gasteiger partial charge in [-0.2, -0.15) is 4.31 Å². The van der Waals surface area contributed by atoms with Crippen LogP contribution in [0.2, 0.25) is 0 Å². The van der Waals surface area contributed by atoms with E-state index in [0.717, 1.165) is 51.1 Å². The Kier molecular flexibility index (Phi) is 7.67. The van der Waals surface area contributed by atoms with Crippen molar-refractivity contribution >= 4 is 27.3 Å². The molecule has 0 bridgehead atoms. The van der Waals surface area contributed by atoms with Crippen LogP contribution >= 0.6 is 0 Å². The van der Waals surface area contributed by atoms with Gasteiger partial charge in [-0.1, -0.05) is 0 Å². The van der Waals surface area contributed by atoms with Crippen LogP contribution in [0.5, 0.6) is 0 Å². The molecule has 3 fully saturated rings. The Morgan fingerprint density at radius 1 is 1.16 bits per heavy atom. The first kappa shape index (κ1) is 23.4. The van der Waals surface area contributed by atoms with E-state index in [-0.39, 0.29) is 16.9 Å². The van der Waals surface area contributed by atoms with Crippen LogP contribution in [0.1, 0.15) is 32.6 Å². The van der Waals surface area contributed by atoms with Gasteiger partial charge in [0.15, 0.2) is 0 Å². The molecule has 0 spiro atoms. The number of rotatable bonds is 8. The van der Waals surface area contributed by atoms with Gasteiger partial charge in [0.2, 0.25) is 10.0 Å². The number of amides is 1. The van der Waals surface area contributed by atoms with E-state index >= 15 is 0 Å². The SMILES string of the molecule is CC(OCC1CCCO1)C(=O)Nc1cc(S(=O)(=O)N2CCOCC2)ccc1N1CCCC1. The van der Waals surface area contributed by atoms with E-state index in [1.165, 1.54) is 4.31 Å². The van der Waals surface area contributed by atoms with Crippen LogP contribution in [0.4, 0.5) is 11.4 Å². The molecule has 10 heteroatoms. The van der Waals surface area contributed by atoms with Crippen molar-refractivity contribution in [2.24, 2.45) is 0 Å². The van der Waals surface area contributed by atoms with E-state index in [1.807, 2.05) is 0 Å². The first-order chi connectivity index (χ1) is 15.4. The second-order valence-electron chi connectivity index (χ2n) is 8.49. The average Bonchev–Trinajstić information content (AvgIpc) is 3.52. The number of sulfonamides is 1. The number of morpholine rings is 1. The van der Waals surface area contributed by atoms with E-state index in [1.54, 1.807) is 25.1 Å². The minimum absolute atomic E-state index is 0.0346. The van der Waals surface area contributed by atoms with Crippen molar-refractivity contribution in [1.29, 1.82) is 0 Å². The summed E-state index contributed by atoms with van der Waals surface area (Å²) < 4.78 is 44.3. The van der Waals surface area contributed by atoms with E-state index < -0.39 is 16.1 Å². The normalized spacial score (nSPS) is 23.4. The van der Waals surface area contributed by atoms with Gasteiger partial charge in [0.25, 0.3) is 5.91 Å². The zero-order chi connectivity index (χ0) is 22.6. The predicted molar refractivity (Wildman–Crippen MR) is 120 cm³/mol. The summed E-state index contributed by atoms with van der Waals surface area (Å²) in [6, 6.07) is 5.00. The number of carbonyl (C=O) groups excluding carboxylic acids is 1. The van der Waals surface area contributed by atoms with E-state index in [4.69, 9.17) is 14.2 Å². The minimum atomic E-state index is -3.67. The topological polar surface area (TPSA) is 97.4 Å². The lowest BCUT2D eigenvalue weighted by molar-refractivity contribution is -0.128. The van der Waals surface area contributed by atoms with Crippen LogP contribution < -0.4 is 10.2 Å². The Balaban J connectivity index is 1.52. The molecule has 2 atom stereocenters. The predicted octanol–water partition coefficient (Wildman–Crippen LogP) is 1.83. The van der Waals surface area contributed by atoms with Gasteiger partial charge in [0.1, 0.15) is 6.10 Å². The van der Waals surface area contributed by atoms with Crippen molar-refractivity contribution in [3.8, 4) is 0 Å². The fourth-order valence-corrected chi connectivity index (χ4v) is 5.72. The maximum absolute atomic E-state index is 13.1. The van der Waals surface area contributed by atoms with Crippen LogP contribution in [0, 0.1) is 0 Å². The summed E-state index contributed by atoms with van der Waals surface area (Å²) in [5.41, 5.74) is 1.34. The minimum Gasteiger partial charge on any atom is -0.379 e. The number of ether oxygens (including phenoxy) is 3. The van der Waals surface area contributed by atoms with Gasteiger partial charge in [-0.3, -0.25) is 4.79 Å². The van der Waals surface area contributed by atoms with Gasteiger partial charge in [-0.05, 0) is 50.8 Å². The third-order valence-electron chi connectivity index (χ3n) is 6.21. The second kappa shape index (κ2) is 10.5. The average molecular weight is 468 g/mol. The van der Waals surface area contributed by atoms with Crippen molar-refractivity contribution in [3.05, 3.63) is 18.2 Å². The highest BCUT2D eigenvalue weighted by Gasteiger charge is 2.29. The third-order valence-corrected chi connectivity index (χ3v) is 8.10. The molecule has 3 heterocycles. The highest BCUT2D eigenvalue weighted by atomic mass is 32.2. The van der Waals surface area contributed by atoms with E-state index in [2.05, 4.69) is 10.2 Å². The molecule has 1 N–H and O–H groups in total. The first-order valence-electron chi connectivity index (χ1n) is 11.5. The van der Waals surface area contributed by atoms with E-state index in [0.29, 0.717) is 38.6 Å². The van der Waals surface area contributed by atoms with Gasteiger partial charge < -0.3 is 24.4 Å². The smallest absolute Gasteiger partial charge is 0.253 e. The largest absolute Gasteiger partial charge is 0.379 e. The summed E-state index contributed by atoms with van der Waals surface area (Å²) in [7, 11) is -3.67. The molecular weight excluding hydrogens is 434 g/mol. The molecule has 178 valence electrons. The van der Waals surface area contributed by atoms with E-state index in [9.17, 15) is 13.2 Å². The number of carbonyl (C=O) groups is 1. The lowest BCUT2D eigenvalue weighted by Crippen LogP contribution is -2.40. The second-order valence-corrected chi connectivity index (χ2v) is 10.4. The molecule has 0 aromatic heterocycles. The molecular formula is C22H33N3O6S. The zero-order valence-electron chi connectivity index (χ0n) is 18.6. The molecule has 3 aliphatic rings. The zero-order valence-corrected chi connectivity index (χ0v) is 19.4. The Hall–Kier alpha value is -1.72. The standard InChI is InChI=1S/C22H33N3O6S/c1-17(31-16-18-5-4-12-30-18)22(26)23-20-15-19(6-7-21(20)24-8-2-3-9-24)32(27,28)25-10-13-29-14-11-25/h6-7,15,17-18H,2-5,8-14,16H2,1H3,(H,23,26). The van der Waals surface area contributed by atoms with Crippen LogP contribution in [0.15, 0.2) is 23.1 Å². The summed E-state index contributed by atoms with van der Waals surface area (Å²) in [5, 5.41) is 2.92. The lowest BCUT2D eigenvalue weighted by Gasteiger charge is -2.27. The number of nitrogens with one attached hydrogen (secondary N) is 1. The number of benzene rings is 1. The number of hydrogen-bond acceptors (Lipinski definition) is 7. The fraction of sp³-hybridized carbons (Fsp3) is 0.682. The molecule has 0 aliphatic carbocycles. The van der Waals surface area contributed by atoms with Crippen molar-refractivity contribution < 1.29 is 27.4 Å². The monoisotopic (exact) mass is 467 g/mol. The third kappa shape index (κ3) is 5.43. The maximum Gasteiger partial charge on any atom is 0.253 e. The summed E-state index contributed by atoms with van der Waals surface area (Å²) >= 11 is 0. The molecule has 0 radical (unpaired) electrons. The van der Waals surface area contributed by atoms with Crippen LogP contribution in [-0.2, 0) is 29.0 Å². The molecule has 1 aromatic rings. The Bertz CT molecular complexity index is 891. The van der Waals surface area contributed by atoms with Crippen molar-refractivity contribution in [2.75, 3.05) is 62.8 Å². The highest BCUT2D eigenvalue weighted by Crippen LogP contribution is 2.32. The number of anilines is 2. The van der Waals surface area contributed by atoms with Gasteiger partial charge in [0.05, 0.1) is 42.2 Å². The quantitative estimate of drug-likeness (QED) is 0.623. The molecule has 3 saturated heterocycles. The summed E-state index contributed by atoms with van der Waals surface area (Å²) in [5.74, 6) is -0.302. The highest BCUT2D eigenvalue weighted by molar-refractivity contribution is 7.89. The summed E-state index contributed by atoms with van der Waals surface area (Å²) in [4.78, 5) is 15.2. The Morgan fingerprint density at radius 3 is 2.59 bits per heavy atom. The molecule has 32 heavy (non-hydrogen) atoms. The van der Waals surface area contributed by atoms with Crippen LogP contribution in [-0.4, -0.2) is 83.4 Å². The molecule has 0 saturated carbocycles. The van der Waals surface area contributed by atoms with Crippen LogP contribution in [0.25, 0.3) is 0 Å². The van der Waals surface area contributed by atoms with Crippen molar-refractivity contribution in [2.45, 2.75) is 49.7 Å². The molecule has 1 aromatic carbocycles. The molecule has 4 rings (SSSR count).